The van der Waals surface area contributed by atoms with E-state index < -0.39 is 23.7 Å². The van der Waals surface area contributed by atoms with Crippen molar-refractivity contribution in [3.8, 4) is 0 Å². The third-order valence-corrected chi connectivity index (χ3v) is 3.49. The van der Waals surface area contributed by atoms with Crippen LogP contribution in [0.4, 0.5) is 23.2 Å². The number of alkyl halides is 3. The van der Waals surface area contributed by atoms with E-state index in [1.165, 1.54) is 17.0 Å². The fraction of sp³-hybridized carbons (Fsp3) is 0.462. The second-order valence-electron chi connectivity index (χ2n) is 4.87. The zero-order valence-electron chi connectivity index (χ0n) is 10.7. The van der Waals surface area contributed by atoms with Crippen molar-refractivity contribution in [2.45, 2.75) is 19.0 Å². The first kappa shape index (κ1) is 14.6. The molecule has 0 bridgehead atoms. The maximum Gasteiger partial charge on any atom is 0.393 e. The minimum atomic E-state index is -4.26. The van der Waals surface area contributed by atoms with Crippen molar-refractivity contribution >= 4 is 11.5 Å². The van der Waals surface area contributed by atoms with Crippen LogP contribution in [-0.4, -0.2) is 25.1 Å². The van der Waals surface area contributed by atoms with Crippen LogP contribution in [0.25, 0.3) is 0 Å². The lowest BCUT2D eigenvalue weighted by molar-refractivity contribution is -0.175. The van der Waals surface area contributed by atoms with Crippen LogP contribution in [0.3, 0.4) is 0 Å². The van der Waals surface area contributed by atoms with Crippen LogP contribution in [0.2, 0.25) is 0 Å². The van der Waals surface area contributed by atoms with Crippen molar-refractivity contribution < 1.29 is 17.6 Å². The van der Waals surface area contributed by atoms with E-state index in [9.17, 15) is 17.6 Å². The molecule has 1 heterocycles. The molecule has 3 nitrogen and oxygen atoms in total. The molecular weight excluding hydrogens is 274 g/mol. The number of nitrogen functional groups attached to an aromatic ring is 1. The molecule has 1 atom stereocenters. The minimum absolute atomic E-state index is 0.0741. The molecule has 0 amide bonds. The summed E-state index contributed by atoms with van der Waals surface area (Å²) < 4.78 is 52.1. The van der Waals surface area contributed by atoms with Crippen molar-refractivity contribution in [1.82, 2.24) is 0 Å². The van der Waals surface area contributed by atoms with E-state index in [0.717, 1.165) is 6.07 Å². The van der Waals surface area contributed by atoms with Gasteiger partial charge in [-0.1, -0.05) is 6.07 Å². The Kier molecular flexibility index (Phi) is 3.87. The topological polar surface area (TPSA) is 53.1 Å². The molecule has 3 N–H and O–H groups in total. The molecule has 1 aliphatic rings. The molecule has 0 spiro atoms. The molecular formula is C13H15F4N3. The lowest BCUT2D eigenvalue weighted by atomic mass is 9.96. The highest BCUT2D eigenvalue weighted by molar-refractivity contribution is 6.00. The van der Waals surface area contributed by atoms with Crippen LogP contribution in [0.1, 0.15) is 18.4 Å². The third kappa shape index (κ3) is 2.86. The number of piperidine rings is 1. The van der Waals surface area contributed by atoms with Gasteiger partial charge in [-0.2, -0.15) is 13.2 Å². The van der Waals surface area contributed by atoms with Crippen molar-refractivity contribution in [3.05, 3.63) is 29.6 Å². The average molecular weight is 289 g/mol. The number of nitrogens with zero attached hydrogens (tertiary/aromatic N) is 1. The van der Waals surface area contributed by atoms with E-state index in [-0.39, 0.29) is 24.2 Å². The van der Waals surface area contributed by atoms with Gasteiger partial charge in [0.15, 0.2) is 0 Å². The fourth-order valence-electron chi connectivity index (χ4n) is 2.51. The quantitative estimate of drug-likeness (QED) is 0.500. The highest BCUT2D eigenvalue weighted by Crippen LogP contribution is 2.35. The highest BCUT2D eigenvalue weighted by Gasteiger charge is 2.42. The standard InChI is InChI=1S/C13H15F4N3/c14-9-4-1-5-10(11(9)12(18)19)20-6-2-3-8(7-20)13(15,16)17/h1,4-5,8H,2-3,6-7H2,(H3,18,19). The van der Waals surface area contributed by atoms with Gasteiger partial charge in [0.05, 0.1) is 17.2 Å². The molecule has 1 unspecified atom stereocenters. The Bertz CT molecular complexity index is 513. The second-order valence-corrected chi connectivity index (χ2v) is 4.87. The van der Waals surface area contributed by atoms with Gasteiger partial charge >= 0.3 is 6.18 Å². The van der Waals surface area contributed by atoms with Gasteiger partial charge in [0.25, 0.3) is 0 Å². The minimum Gasteiger partial charge on any atom is -0.384 e. The van der Waals surface area contributed by atoms with E-state index >= 15 is 0 Å². The molecule has 1 aromatic rings. The Morgan fingerprint density at radius 2 is 2.05 bits per heavy atom. The average Bonchev–Trinajstić information content (AvgIpc) is 2.37. The van der Waals surface area contributed by atoms with Gasteiger partial charge in [0.2, 0.25) is 0 Å². The van der Waals surface area contributed by atoms with E-state index in [2.05, 4.69) is 0 Å². The SMILES string of the molecule is N=C(N)c1c(F)cccc1N1CCCC(C(F)(F)F)C1. The predicted molar refractivity (Wildman–Crippen MR) is 68.4 cm³/mol. The third-order valence-electron chi connectivity index (χ3n) is 3.49. The van der Waals surface area contributed by atoms with Crippen LogP contribution in [0, 0.1) is 17.1 Å². The van der Waals surface area contributed by atoms with E-state index in [1.807, 2.05) is 0 Å². The van der Waals surface area contributed by atoms with Crippen LogP contribution in [0.15, 0.2) is 18.2 Å². The first-order chi connectivity index (χ1) is 9.30. The Morgan fingerprint density at radius 1 is 1.35 bits per heavy atom. The van der Waals surface area contributed by atoms with Gasteiger partial charge in [0.1, 0.15) is 11.7 Å². The zero-order valence-corrected chi connectivity index (χ0v) is 10.7. The fourth-order valence-corrected chi connectivity index (χ4v) is 2.51. The summed E-state index contributed by atoms with van der Waals surface area (Å²) in [4.78, 5) is 1.46. The predicted octanol–water partition coefficient (Wildman–Crippen LogP) is 2.89. The Hall–Kier alpha value is -1.79. The largest absolute Gasteiger partial charge is 0.393 e. The van der Waals surface area contributed by atoms with Crippen molar-refractivity contribution in [3.63, 3.8) is 0 Å². The molecule has 1 fully saturated rings. The van der Waals surface area contributed by atoms with Crippen LogP contribution < -0.4 is 10.6 Å². The zero-order chi connectivity index (χ0) is 14.9. The number of nitrogens with one attached hydrogen (secondary N) is 1. The molecule has 7 heteroatoms. The van der Waals surface area contributed by atoms with Crippen LogP contribution >= 0.6 is 0 Å². The van der Waals surface area contributed by atoms with Gasteiger partial charge in [-0.3, -0.25) is 5.41 Å². The highest BCUT2D eigenvalue weighted by atomic mass is 19.4. The molecule has 1 aliphatic heterocycles. The Balaban J connectivity index is 2.32. The number of rotatable bonds is 2. The van der Waals surface area contributed by atoms with Gasteiger partial charge in [-0.05, 0) is 25.0 Å². The number of nitrogens with two attached hydrogens (primary N) is 1. The summed E-state index contributed by atoms with van der Waals surface area (Å²) in [7, 11) is 0. The first-order valence-corrected chi connectivity index (χ1v) is 6.25. The van der Waals surface area contributed by atoms with Gasteiger partial charge in [-0.15, -0.1) is 0 Å². The molecule has 2 rings (SSSR count). The van der Waals surface area contributed by atoms with Gasteiger partial charge in [0, 0.05) is 13.1 Å². The molecule has 0 saturated carbocycles. The van der Waals surface area contributed by atoms with Crippen molar-refractivity contribution in [2.75, 3.05) is 18.0 Å². The normalized spacial score (nSPS) is 20.0. The number of hydrogen-bond donors (Lipinski definition) is 2. The maximum atomic E-state index is 13.7. The van der Waals surface area contributed by atoms with E-state index in [1.54, 1.807) is 0 Å². The molecule has 20 heavy (non-hydrogen) atoms. The number of halogens is 4. The lowest BCUT2D eigenvalue weighted by Crippen LogP contribution is -2.42. The first-order valence-electron chi connectivity index (χ1n) is 6.25. The van der Waals surface area contributed by atoms with Gasteiger partial charge in [-0.25, -0.2) is 4.39 Å². The summed E-state index contributed by atoms with van der Waals surface area (Å²) in [6.07, 6.45) is -3.81. The van der Waals surface area contributed by atoms with E-state index in [0.29, 0.717) is 13.0 Å². The maximum absolute atomic E-state index is 13.7. The molecule has 1 saturated heterocycles. The van der Waals surface area contributed by atoms with Crippen LogP contribution in [-0.2, 0) is 0 Å². The van der Waals surface area contributed by atoms with Gasteiger partial charge < -0.3 is 10.6 Å². The summed E-state index contributed by atoms with van der Waals surface area (Å²) in [6, 6.07) is 4.05. The molecule has 0 aliphatic carbocycles. The van der Waals surface area contributed by atoms with Crippen LogP contribution in [0.5, 0.6) is 0 Å². The smallest absolute Gasteiger partial charge is 0.384 e. The second kappa shape index (κ2) is 5.30. The number of amidine groups is 1. The molecule has 110 valence electrons. The monoisotopic (exact) mass is 289 g/mol. The number of benzene rings is 1. The van der Waals surface area contributed by atoms with Crippen molar-refractivity contribution in [1.29, 1.82) is 5.41 Å². The summed E-state index contributed by atoms with van der Waals surface area (Å²) in [6.45, 7) is 0.170. The summed E-state index contributed by atoms with van der Waals surface area (Å²) in [5.74, 6) is -2.60. The summed E-state index contributed by atoms with van der Waals surface area (Å²) in [5, 5.41) is 7.40. The van der Waals surface area contributed by atoms with Crippen molar-refractivity contribution in [2.24, 2.45) is 11.7 Å². The molecule has 0 radical (unpaired) electrons. The molecule has 1 aromatic carbocycles. The summed E-state index contributed by atoms with van der Waals surface area (Å²) in [5.41, 5.74) is 5.46. The Morgan fingerprint density at radius 3 is 2.65 bits per heavy atom. The summed E-state index contributed by atoms with van der Waals surface area (Å²) >= 11 is 0. The molecule has 0 aromatic heterocycles. The number of anilines is 1. The Labute approximate surface area is 113 Å². The number of hydrogen-bond acceptors (Lipinski definition) is 2. The van der Waals surface area contributed by atoms with E-state index in [4.69, 9.17) is 11.1 Å². The lowest BCUT2D eigenvalue weighted by Gasteiger charge is -2.36.